The molecular formula is C29H34I3N3O14. The second kappa shape index (κ2) is 20.5. The number of nitrogens with zero attached hydrogens (tertiary/aromatic N) is 1. The molecule has 1 atom stereocenters. The van der Waals surface area contributed by atoms with Crippen LogP contribution in [0.1, 0.15) is 69.2 Å². The molecule has 0 aliphatic rings. The number of hydrogen-bond acceptors (Lipinski definition) is 14. The van der Waals surface area contributed by atoms with E-state index in [0.717, 1.165) is 41.5 Å². The van der Waals surface area contributed by atoms with Crippen molar-refractivity contribution in [3.8, 4) is 0 Å². The van der Waals surface area contributed by atoms with E-state index in [-0.39, 0.29) is 27.5 Å². The molecule has 0 spiro atoms. The normalized spacial score (nSPS) is 11.2. The fraction of sp³-hybridized carbons (Fsp3) is 0.483. The fourth-order valence-corrected chi connectivity index (χ4v) is 8.43. The molecule has 0 radical (unpaired) electrons. The number of ether oxygens (including phenoxy) is 5. The van der Waals surface area contributed by atoms with Gasteiger partial charge in [0.15, 0.2) is 6.10 Å². The van der Waals surface area contributed by atoms with Gasteiger partial charge in [0.25, 0.3) is 17.7 Å². The van der Waals surface area contributed by atoms with Gasteiger partial charge in [-0.3, -0.25) is 43.2 Å². The average Bonchev–Trinajstić information content (AvgIpc) is 2.96. The lowest BCUT2D eigenvalue weighted by atomic mass is 10.1. The monoisotopic (exact) mass is 1030 g/mol. The number of nitrogens with one attached hydrogen (secondary N) is 2. The number of halogens is 3. The summed E-state index contributed by atoms with van der Waals surface area (Å²) >= 11 is 5.15. The van der Waals surface area contributed by atoms with Gasteiger partial charge in [-0.1, -0.05) is 0 Å². The van der Waals surface area contributed by atoms with Crippen LogP contribution in [-0.2, 0) is 57.2 Å². The minimum absolute atomic E-state index is 0.00845. The number of carbonyl (C=O) groups is 9. The van der Waals surface area contributed by atoms with Crippen molar-refractivity contribution < 1.29 is 66.8 Å². The minimum atomic E-state index is -1.46. The Morgan fingerprint density at radius 1 is 0.571 bits per heavy atom. The summed E-state index contributed by atoms with van der Waals surface area (Å²) in [5, 5.41) is 5.16. The van der Waals surface area contributed by atoms with Crippen molar-refractivity contribution in [3.63, 3.8) is 0 Å². The zero-order chi connectivity index (χ0) is 37.7. The smallest absolute Gasteiger partial charge is 0.303 e. The summed E-state index contributed by atoms with van der Waals surface area (Å²) in [4.78, 5) is 113. The standard InChI is InChI=1S/C29H34I3N3O14/c1-12(49-18(7)41)29(44)35(13(2)36)26-24(31)21(27(42)33-19(8-45-14(3)37)9-46-15(4)38)23(30)22(25(26)32)28(43)34-20(10-47-16(5)39)11-48-17(6)40/h12,19-20H,8-11H2,1-7H3,(H,33,42)(H,34,43). The largest absolute Gasteiger partial charge is 0.464 e. The van der Waals surface area contributed by atoms with Crippen LogP contribution in [0.4, 0.5) is 5.69 Å². The van der Waals surface area contributed by atoms with Crippen LogP contribution in [0.15, 0.2) is 0 Å². The van der Waals surface area contributed by atoms with Crippen LogP contribution >= 0.6 is 67.8 Å². The van der Waals surface area contributed by atoms with E-state index in [4.69, 9.17) is 23.7 Å². The molecule has 0 aromatic heterocycles. The maximum absolute atomic E-state index is 13.9. The summed E-state index contributed by atoms with van der Waals surface area (Å²) in [6.45, 7) is 6.25. The molecule has 0 aliphatic carbocycles. The molecule has 17 nitrogen and oxygen atoms in total. The van der Waals surface area contributed by atoms with Crippen molar-refractivity contribution in [1.29, 1.82) is 0 Å². The van der Waals surface area contributed by atoms with Crippen LogP contribution in [-0.4, -0.2) is 98.1 Å². The average molecular weight is 1030 g/mol. The molecule has 0 fully saturated rings. The maximum atomic E-state index is 13.9. The lowest BCUT2D eigenvalue weighted by molar-refractivity contribution is -0.152. The van der Waals surface area contributed by atoms with Gasteiger partial charge in [-0.15, -0.1) is 0 Å². The Kier molecular flexibility index (Phi) is 18.3. The first-order valence-electron chi connectivity index (χ1n) is 14.1. The fourth-order valence-electron chi connectivity index (χ4n) is 3.80. The summed E-state index contributed by atoms with van der Waals surface area (Å²) in [5.41, 5.74) is -0.636. The molecule has 0 heterocycles. The van der Waals surface area contributed by atoms with Crippen LogP contribution < -0.4 is 15.5 Å². The van der Waals surface area contributed by atoms with E-state index in [1.807, 2.05) is 0 Å². The lowest BCUT2D eigenvalue weighted by Gasteiger charge is -2.28. The molecule has 1 aromatic rings. The van der Waals surface area contributed by atoms with Crippen molar-refractivity contribution >= 4 is 127 Å². The molecule has 0 aliphatic heterocycles. The molecule has 2 N–H and O–H groups in total. The van der Waals surface area contributed by atoms with E-state index in [2.05, 4.69) is 10.6 Å². The first-order chi connectivity index (χ1) is 22.7. The Morgan fingerprint density at radius 3 is 1.16 bits per heavy atom. The van der Waals surface area contributed by atoms with Crippen LogP contribution in [0.3, 0.4) is 0 Å². The van der Waals surface area contributed by atoms with Crippen molar-refractivity contribution in [2.45, 2.75) is 66.7 Å². The first-order valence-corrected chi connectivity index (χ1v) is 17.3. The highest BCUT2D eigenvalue weighted by Gasteiger charge is 2.37. The Bertz CT molecular complexity index is 1400. The molecule has 270 valence electrons. The second-order valence-corrected chi connectivity index (χ2v) is 13.3. The van der Waals surface area contributed by atoms with Crippen molar-refractivity contribution in [2.24, 2.45) is 0 Å². The predicted octanol–water partition coefficient (Wildman–Crippen LogP) is 1.78. The molecule has 49 heavy (non-hydrogen) atoms. The zero-order valence-electron chi connectivity index (χ0n) is 27.4. The third-order valence-electron chi connectivity index (χ3n) is 5.82. The number of hydrogen-bond donors (Lipinski definition) is 2. The summed E-state index contributed by atoms with van der Waals surface area (Å²) in [5.74, 6) is -7.17. The summed E-state index contributed by atoms with van der Waals surface area (Å²) < 4.78 is 25.0. The number of anilines is 1. The van der Waals surface area contributed by atoms with Crippen molar-refractivity contribution in [3.05, 3.63) is 21.8 Å². The topological polar surface area (TPSA) is 227 Å². The second-order valence-electron chi connectivity index (χ2n) is 10.0. The number of imide groups is 1. The summed E-state index contributed by atoms with van der Waals surface area (Å²) in [6.07, 6.45) is -1.46. The number of benzene rings is 1. The van der Waals surface area contributed by atoms with Crippen LogP contribution in [0, 0.1) is 10.7 Å². The Balaban J connectivity index is 4.00. The van der Waals surface area contributed by atoms with Gasteiger partial charge in [-0.2, -0.15) is 0 Å². The van der Waals surface area contributed by atoms with Crippen molar-refractivity contribution in [1.82, 2.24) is 10.6 Å². The minimum Gasteiger partial charge on any atom is -0.464 e. The van der Waals surface area contributed by atoms with Crippen LogP contribution in [0.5, 0.6) is 0 Å². The van der Waals surface area contributed by atoms with Gasteiger partial charge in [-0.05, 0) is 74.7 Å². The quantitative estimate of drug-likeness (QED) is 0.145. The molecule has 0 bridgehead atoms. The molecule has 4 amide bonds. The molecule has 1 aromatic carbocycles. The third-order valence-corrected chi connectivity index (χ3v) is 9.00. The van der Waals surface area contributed by atoms with Gasteiger partial charge in [0.05, 0.1) is 36.0 Å². The van der Waals surface area contributed by atoms with Gasteiger partial charge in [0.2, 0.25) is 5.91 Å². The van der Waals surface area contributed by atoms with E-state index in [1.165, 1.54) is 6.92 Å². The van der Waals surface area contributed by atoms with Gasteiger partial charge in [0.1, 0.15) is 26.4 Å². The highest BCUT2D eigenvalue weighted by molar-refractivity contribution is 14.1. The van der Waals surface area contributed by atoms with E-state index in [0.29, 0.717) is 4.90 Å². The van der Waals surface area contributed by atoms with E-state index < -0.39 is 98.1 Å². The molecule has 0 saturated carbocycles. The number of esters is 5. The summed E-state index contributed by atoms with van der Waals surface area (Å²) in [7, 11) is 0. The number of carbonyl (C=O) groups excluding carboxylic acids is 9. The lowest BCUT2D eigenvalue weighted by Crippen LogP contribution is -2.46. The van der Waals surface area contributed by atoms with E-state index in [9.17, 15) is 43.2 Å². The van der Waals surface area contributed by atoms with Crippen molar-refractivity contribution in [2.75, 3.05) is 31.3 Å². The van der Waals surface area contributed by atoms with Crippen LogP contribution in [0.25, 0.3) is 0 Å². The van der Waals surface area contributed by atoms with E-state index in [1.54, 1.807) is 67.8 Å². The third kappa shape index (κ3) is 13.9. The van der Waals surface area contributed by atoms with Crippen LogP contribution in [0.2, 0.25) is 0 Å². The molecule has 20 heteroatoms. The Hall–Kier alpha value is -3.16. The molecule has 0 saturated heterocycles. The predicted molar refractivity (Wildman–Crippen MR) is 193 cm³/mol. The van der Waals surface area contributed by atoms with Gasteiger partial charge in [0, 0.05) is 45.1 Å². The number of amides is 4. The summed E-state index contributed by atoms with van der Waals surface area (Å²) in [6, 6.07) is -2.14. The highest BCUT2D eigenvalue weighted by Crippen LogP contribution is 2.38. The first kappa shape index (κ1) is 43.9. The highest BCUT2D eigenvalue weighted by atomic mass is 127. The van der Waals surface area contributed by atoms with Gasteiger partial charge >= 0.3 is 29.8 Å². The SMILES string of the molecule is CC(=O)OCC(COC(C)=O)NC(=O)c1c(I)c(C(=O)NC(COC(C)=O)COC(C)=O)c(I)c(N(C(C)=O)C(=O)C(C)OC(C)=O)c1I. The van der Waals surface area contributed by atoms with Gasteiger partial charge in [-0.25, -0.2) is 4.90 Å². The molecular weight excluding hydrogens is 995 g/mol. The zero-order valence-corrected chi connectivity index (χ0v) is 33.8. The van der Waals surface area contributed by atoms with E-state index >= 15 is 0 Å². The maximum Gasteiger partial charge on any atom is 0.303 e. The molecule has 1 unspecified atom stereocenters. The number of rotatable bonds is 15. The van der Waals surface area contributed by atoms with Gasteiger partial charge < -0.3 is 34.3 Å². The Morgan fingerprint density at radius 2 is 0.898 bits per heavy atom. The molecule has 1 rings (SSSR count). The Labute approximate surface area is 321 Å².